The summed E-state index contributed by atoms with van der Waals surface area (Å²) in [6.45, 7) is 0.518. The second kappa shape index (κ2) is 25.4. The van der Waals surface area contributed by atoms with Gasteiger partial charge in [0.2, 0.25) is 0 Å². The van der Waals surface area contributed by atoms with Gasteiger partial charge in [-0.25, -0.2) is 26.2 Å². The summed E-state index contributed by atoms with van der Waals surface area (Å²) >= 11 is 19.2. The second-order valence-electron chi connectivity index (χ2n) is 16.1. The molecule has 0 bridgehead atoms. The van der Waals surface area contributed by atoms with E-state index in [9.17, 15) is 21.9 Å². The van der Waals surface area contributed by atoms with Crippen molar-refractivity contribution in [1.82, 2.24) is 29.5 Å². The van der Waals surface area contributed by atoms with Crippen molar-refractivity contribution in [3.8, 4) is 53.4 Å². The van der Waals surface area contributed by atoms with Crippen LogP contribution in [-0.2, 0) is 49.6 Å². The minimum atomic E-state index is -3.29. The molecule has 0 radical (unpaired) electrons. The largest absolute Gasteiger partial charge is 0.390 e. The first kappa shape index (κ1) is 55.6. The number of hydrogen-bond acceptors (Lipinski definition) is 12. The first-order valence-electron chi connectivity index (χ1n) is 22.2. The second-order valence-corrected chi connectivity index (χ2v) is 23.7. The normalized spacial score (nSPS) is 11.2. The van der Waals surface area contributed by atoms with Crippen LogP contribution in [0, 0.1) is 0 Å². The average Bonchev–Trinajstić information content (AvgIpc) is 4.25. The van der Waals surface area contributed by atoms with Gasteiger partial charge in [-0.15, -0.1) is 22.7 Å². The van der Waals surface area contributed by atoms with E-state index in [1.807, 2.05) is 132 Å². The molecule has 0 amide bonds. The van der Waals surface area contributed by atoms with Gasteiger partial charge in [-0.1, -0.05) is 107 Å². The minimum absolute atomic E-state index is 0. The van der Waals surface area contributed by atoms with Crippen molar-refractivity contribution >= 4 is 81.5 Å². The molecule has 0 fully saturated rings. The van der Waals surface area contributed by atoms with Crippen LogP contribution in [-0.4, -0.2) is 64.0 Å². The molecule has 4 aromatic carbocycles. The molecular weight excluding hydrogens is 1120 g/mol. The number of para-hydroxylation sites is 2. The van der Waals surface area contributed by atoms with Crippen molar-refractivity contribution in [1.29, 1.82) is 0 Å². The van der Waals surface area contributed by atoms with Crippen LogP contribution in [0.5, 0.6) is 0 Å². The Morgan fingerprint density at radius 2 is 0.959 bits per heavy atom. The summed E-state index contributed by atoms with van der Waals surface area (Å²) in [6, 6.07) is 52.1. The highest BCUT2D eigenvalue weighted by molar-refractivity contribution is 9.08. The Morgan fingerprint density at radius 3 is 1.39 bits per heavy atom. The van der Waals surface area contributed by atoms with Crippen LogP contribution < -0.4 is 0 Å². The monoisotopic (exact) mass is 1170 g/mol. The van der Waals surface area contributed by atoms with E-state index in [0.717, 1.165) is 75.8 Å². The Labute approximate surface area is 457 Å². The van der Waals surface area contributed by atoms with Gasteiger partial charge < -0.3 is 9.84 Å². The number of aliphatic hydroxyl groups excluding tert-OH is 1. The van der Waals surface area contributed by atoms with Crippen molar-refractivity contribution in [2.45, 2.75) is 42.4 Å². The number of aliphatic hydroxyl groups is 1. The number of ether oxygens (including phenoxy) is 1. The number of aromatic nitrogens is 6. The Kier molecular flexibility index (Phi) is 19.1. The van der Waals surface area contributed by atoms with Crippen LogP contribution >= 0.6 is 61.8 Å². The predicted molar refractivity (Wildman–Crippen MR) is 303 cm³/mol. The van der Waals surface area contributed by atoms with E-state index in [1.54, 1.807) is 70.9 Å². The van der Waals surface area contributed by atoms with Gasteiger partial charge >= 0.3 is 0 Å². The molecule has 1 N–H and O–H groups in total. The van der Waals surface area contributed by atoms with Gasteiger partial charge in [-0.05, 0) is 120 Å². The van der Waals surface area contributed by atoms with Crippen molar-refractivity contribution in [2.75, 3.05) is 12.5 Å². The molecule has 0 atom stereocenters. The third-order valence-corrected chi connectivity index (χ3v) is 16.5. The topological polar surface area (TPSA) is 159 Å². The number of sulfone groups is 2. The number of nitrogens with zero attached hydrogens (tertiary/aromatic N) is 6. The molecule has 0 spiro atoms. The summed E-state index contributed by atoms with van der Waals surface area (Å²) in [6.07, 6.45) is 5.94. The van der Waals surface area contributed by atoms with E-state index in [-0.39, 0.29) is 18.9 Å². The quantitative estimate of drug-likeness (QED) is 0.104. The van der Waals surface area contributed by atoms with Crippen LogP contribution in [0.25, 0.3) is 53.4 Å². The lowest BCUT2D eigenvalue weighted by atomic mass is 10.2. The van der Waals surface area contributed by atoms with Crippen molar-refractivity contribution in [2.24, 2.45) is 0 Å². The maximum Gasteiger partial charge on any atom is 0.175 e. The van der Waals surface area contributed by atoms with E-state index in [4.69, 9.17) is 33.0 Å². The molecule has 0 aliphatic heterocycles. The molecule has 0 saturated heterocycles. The Bertz CT molecular complexity index is 3700. The molecule has 10 rings (SSSR count). The number of benzene rings is 4. The molecule has 0 aliphatic carbocycles. The molecule has 74 heavy (non-hydrogen) atoms. The highest BCUT2D eigenvalue weighted by atomic mass is 79.9. The van der Waals surface area contributed by atoms with Gasteiger partial charge in [0.05, 0.1) is 94.9 Å². The van der Waals surface area contributed by atoms with Gasteiger partial charge in [0.15, 0.2) is 19.7 Å². The van der Waals surface area contributed by atoms with Crippen LogP contribution in [0.4, 0.5) is 0 Å². The zero-order valence-corrected chi connectivity index (χ0v) is 45.5. The van der Waals surface area contributed by atoms with Gasteiger partial charge in [0, 0.05) is 40.0 Å². The molecular formula is C55H49BrCl2N6O6S4. The fourth-order valence-corrected chi connectivity index (χ4v) is 11.3. The zero-order valence-electron chi connectivity index (χ0n) is 39.1. The van der Waals surface area contributed by atoms with E-state index >= 15 is 0 Å². The third-order valence-electron chi connectivity index (χ3n) is 10.7. The number of rotatable bonds is 14. The smallest absolute Gasteiger partial charge is 0.175 e. The number of pyridine rings is 2. The maximum atomic E-state index is 12.0. The standard InChI is InChI=1S/C27H22ClN3O3S2.C21H17ClN2O3S2.C6H6BrN.CH4/c1-36(32,33)22-9-6-7-19(15-22)26-12-13-27(35-26)25-16-21(18-34-17-20-8-4-5-14-29-20)30-31(25)24-11-3-2-10-23(24)28;1-29(26,27)16-6-4-5-14(11-16)20-9-10-21(28-20)19-12-15(13-25)23-24(19)18-8-3-2-7-17(18)22;7-5-6-3-1-2-4-8-6;/h2-16H,17-18H2,1H3;2-12,25H,13H2,1H3;1-4H,5H2;1H4. The zero-order chi connectivity index (χ0) is 51.5. The lowest BCUT2D eigenvalue weighted by molar-refractivity contribution is 0.102. The van der Waals surface area contributed by atoms with Gasteiger partial charge in [0.1, 0.15) is 0 Å². The molecule has 12 nitrogen and oxygen atoms in total. The number of hydrogen-bond donors (Lipinski definition) is 1. The Morgan fingerprint density at radius 1 is 0.527 bits per heavy atom. The summed E-state index contributed by atoms with van der Waals surface area (Å²) < 4.78 is 57.2. The molecule has 380 valence electrons. The number of halogens is 3. The molecule has 10 aromatic rings. The van der Waals surface area contributed by atoms with Crippen molar-refractivity contribution in [3.63, 3.8) is 0 Å². The summed E-state index contributed by atoms with van der Waals surface area (Å²) in [5.74, 6) is 0. The third kappa shape index (κ3) is 14.2. The summed E-state index contributed by atoms with van der Waals surface area (Å²) in [7, 11) is -6.57. The van der Waals surface area contributed by atoms with Crippen molar-refractivity contribution in [3.05, 3.63) is 215 Å². The van der Waals surface area contributed by atoms with Gasteiger partial charge in [-0.2, -0.15) is 10.2 Å². The lowest BCUT2D eigenvalue weighted by Crippen LogP contribution is -2.01. The highest BCUT2D eigenvalue weighted by Gasteiger charge is 2.19. The van der Waals surface area contributed by atoms with Crippen LogP contribution in [0.15, 0.2) is 192 Å². The van der Waals surface area contributed by atoms with Crippen molar-refractivity contribution < 1.29 is 26.7 Å². The maximum absolute atomic E-state index is 12.0. The van der Waals surface area contributed by atoms with Crippen LogP contribution in [0.3, 0.4) is 0 Å². The summed E-state index contributed by atoms with van der Waals surface area (Å²) in [5.41, 5.74) is 8.05. The first-order chi connectivity index (χ1) is 35.2. The number of thiophene rings is 2. The summed E-state index contributed by atoms with van der Waals surface area (Å²) in [5, 5.41) is 20.8. The first-order valence-corrected chi connectivity index (χ1v) is 29.5. The van der Waals surface area contributed by atoms with E-state index in [0.29, 0.717) is 33.8 Å². The fourth-order valence-electron chi connectivity index (χ4n) is 7.22. The summed E-state index contributed by atoms with van der Waals surface area (Å²) in [4.78, 5) is 12.7. The molecule has 0 unspecified atom stereocenters. The predicted octanol–water partition coefficient (Wildman–Crippen LogP) is 13.9. The Hall–Kier alpha value is -6.12. The van der Waals surface area contributed by atoms with Crippen LogP contribution in [0.2, 0.25) is 10.0 Å². The molecule has 6 aromatic heterocycles. The van der Waals surface area contributed by atoms with E-state index in [1.165, 1.54) is 23.8 Å². The number of alkyl halides is 1. The lowest BCUT2D eigenvalue weighted by Gasteiger charge is -2.08. The SMILES string of the molecule is BrCc1ccccn1.C.CS(=O)(=O)c1cccc(-c2ccc(-c3cc(CO)nn3-c3ccccc3Cl)s2)c1.CS(=O)(=O)c1cccc(-c2ccc(-c3cc(COCc4ccccn4)nn3-c3ccccc3Cl)s2)c1. The minimum Gasteiger partial charge on any atom is -0.390 e. The highest BCUT2D eigenvalue weighted by Crippen LogP contribution is 2.39. The van der Waals surface area contributed by atoms with E-state index in [2.05, 4.69) is 31.0 Å². The van der Waals surface area contributed by atoms with Crippen LogP contribution in [0.1, 0.15) is 30.2 Å². The molecule has 0 saturated carbocycles. The molecule has 0 aliphatic rings. The fraction of sp³-hybridized carbons (Fsp3) is 0.127. The Balaban J connectivity index is 0.000000188. The van der Waals surface area contributed by atoms with E-state index < -0.39 is 19.7 Å². The van der Waals surface area contributed by atoms with Gasteiger partial charge in [-0.3, -0.25) is 9.97 Å². The molecule has 19 heteroatoms. The average molecular weight is 1170 g/mol. The molecule has 6 heterocycles. The van der Waals surface area contributed by atoms with Gasteiger partial charge in [0.25, 0.3) is 0 Å².